The van der Waals surface area contributed by atoms with Crippen LogP contribution in [0.3, 0.4) is 0 Å². The van der Waals surface area contributed by atoms with E-state index in [1.807, 2.05) is 30.3 Å². The predicted molar refractivity (Wildman–Crippen MR) is 79.5 cm³/mol. The molecule has 0 radical (unpaired) electrons. The highest BCUT2D eigenvalue weighted by atomic mass is 16.5. The first-order chi connectivity index (χ1) is 10.3. The molecule has 0 saturated carbocycles. The van der Waals surface area contributed by atoms with Crippen molar-refractivity contribution in [2.45, 2.75) is 0 Å². The van der Waals surface area contributed by atoms with Crippen molar-refractivity contribution in [2.75, 3.05) is 14.2 Å². The first-order valence-corrected chi connectivity index (χ1v) is 6.42. The third-order valence-electron chi connectivity index (χ3n) is 3.34. The van der Waals surface area contributed by atoms with Crippen LogP contribution in [0.1, 0.15) is 5.56 Å². The highest BCUT2D eigenvalue weighted by Gasteiger charge is 2.18. The molecule has 0 aliphatic heterocycles. The lowest BCUT2D eigenvalue weighted by atomic mass is 10.1. The first kappa shape index (κ1) is 13.1. The molecule has 0 aliphatic rings. The summed E-state index contributed by atoms with van der Waals surface area (Å²) in [6.45, 7) is 0. The van der Waals surface area contributed by atoms with Crippen LogP contribution in [0.5, 0.6) is 11.5 Å². The standard InChI is InChI=1S/C17H13NO3/c1-19-15-8-12-13(10-18)17(11-6-4-3-5-7-11)21-14(12)9-16(15)20-2/h3-9H,1-2H3. The topological polar surface area (TPSA) is 55.4 Å². The number of furan rings is 1. The quantitative estimate of drug-likeness (QED) is 0.727. The number of hydrogen-bond donors (Lipinski definition) is 0. The number of nitriles is 1. The second-order valence-corrected chi connectivity index (χ2v) is 4.49. The second kappa shape index (κ2) is 5.22. The fourth-order valence-corrected chi connectivity index (χ4v) is 2.33. The largest absolute Gasteiger partial charge is 0.493 e. The SMILES string of the molecule is COc1cc2oc(-c3ccccc3)c(C#N)c2cc1OC. The number of nitrogens with zero attached hydrogens (tertiary/aromatic N) is 1. The van der Waals surface area contributed by atoms with Crippen LogP contribution in [0.15, 0.2) is 46.9 Å². The number of hydrogen-bond acceptors (Lipinski definition) is 4. The van der Waals surface area contributed by atoms with E-state index >= 15 is 0 Å². The second-order valence-electron chi connectivity index (χ2n) is 4.49. The molecule has 0 unspecified atom stereocenters. The summed E-state index contributed by atoms with van der Waals surface area (Å²) in [4.78, 5) is 0. The molecular formula is C17H13NO3. The minimum atomic E-state index is 0.497. The van der Waals surface area contributed by atoms with E-state index in [1.165, 1.54) is 0 Å². The van der Waals surface area contributed by atoms with Crippen LogP contribution >= 0.6 is 0 Å². The van der Waals surface area contributed by atoms with Crippen molar-refractivity contribution in [2.24, 2.45) is 0 Å². The molecule has 3 rings (SSSR count). The molecule has 4 nitrogen and oxygen atoms in total. The molecule has 2 aromatic carbocycles. The van der Waals surface area contributed by atoms with E-state index < -0.39 is 0 Å². The summed E-state index contributed by atoms with van der Waals surface area (Å²) in [7, 11) is 3.13. The summed E-state index contributed by atoms with van der Waals surface area (Å²) < 4.78 is 16.4. The molecule has 0 spiro atoms. The van der Waals surface area contributed by atoms with Crippen molar-refractivity contribution in [3.63, 3.8) is 0 Å². The van der Waals surface area contributed by atoms with Gasteiger partial charge < -0.3 is 13.9 Å². The fraction of sp³-hybridized carbons (Fsp3) is 0.118. The Kier molecular flexibility index (Phi) is 3.25. The van der Waals surface area contributed by atoms with Gasteiger partial charge in [-0.05, 0) is 6.07 Å². The van der Waals surface area contributed by atoms with Gasteiger partial charge in [-0.25, -0.2) is 0 Å². The van der Waals surface area contributed by atoms with Crippen LogP contribution in [-0.2, 0) is 0 Å². The fourth-order valence-electron chi connectivity index (χ4n) is 2.33. The van der Waals surface area contributed by atoms with Crippen molar-refractivity contribution in [1.29, 1.82) is 5.26 Å². The molecule has 21 heavy (non-hydrogen) atoms. The Morgan fingerprint density at radius 1 is 1.00 bits per heavy atom. The molecule has 0 N–H and O–H groups in total. The lowest BCUT2D eigenvalue weighted by molar-refractivity contribution is 0.355. The maximum atomic E-state index is 9.47. The number of fused-ring (bicyclic) bond motifs is 1. The Bertz CT molecular complexity index is 829. The summed E-state index contributed by atoms with van der Waals surface area (Å²) in [5.74, 6) is 1.70. The molecule has 104 valence electrons. The Morgan fingerprint density at radius 3 is 2.29 bits per heavy atom. The number of benzene rings is 2. The van der Waals surface area contributed by atoms with Gasteiger partial charge in [0.15, 0.2) is 17.3 Å². The highest BCUT2D eigenvalue weighted by molar-refractivity contribution is 5.93. The highest BCUT2D eigenvalue weighted by Crippen LogP contribution is 2.39. The van der Waals surface area contributed by atoms with E-state index in [1.54, 1.807) is 26.4 Å². The Morgan fingerprint density at radius 2 is 1.67 bits per heavy atom. The van der Waals surface area contributed by atoms with E-state index in [2.05, 4.69) is 6.07 Å². The van der Waals surface area contributed by atoms with Crippen molar-refractivity contribution in [3.05, 3.63) is 48.0 Å². The van der Waals surface area contributed by atoms with Gasteiger partial charge in [0, 0.05) is 17.0 Å². The van der Waals surface area contributed by atoms with E-state index in [9.17, 15) is 5.26 Å². The zero-order valence-corrected chi connectivity index (χ0v) is 11.7. The molecule has 3 aromatic rings. The van der Waals surface area contributed by atoms with Crippen LogP contribution in [0, 0.1) is 11.3 Å². The average molecular weight is 279 g/mol. The molecular weight excluding hydrogens is 266 g/mol. The van der Waals surface area contributed by atoms with Crippen LogP contribution < -0.4 is 9.47 Å². The normalized spacial score (nSPS) is 10.3. The minimum Gasteiger partial charge on any atom is -0.493 e. The Labute approximate surface area is 122 Å². The average Bonchev–Trinajstić information content (AvgIpc) is 2.91. The monoisotopic (exact) mass is 279 g/mol. The van der Waals surface area contributed by atoms with Gasteiger partial charge in [0.1, 0.15) is 17.2 Å². The summed E-state index contributed by atoms with van der Waals surface area (Å²) in [5, 5.41) is 10.2. The van der Waals surface area contributed by atoms with E-state index in [4.69, 9.17) is 13.9 Å². The van der Waals surface area contributed by atoms with Gasteiger partial charge in [0.05, 0.1) is 14.2 Å². The Balaban J connectivity index is 2.31. The molecule has 0 saturated heterocycles. The number of ether oxygens (including phenoxy) is 2. The van der Waals surface area contributed by atoms with Crippen LogP contribution in [0.25, 0.3) is 22.3 Å². The van der Waals surface area contributed by atoms with Gasteiger partial charge >= 0.3 is 0 Å². The van der Waals surface area contributed by atoms with Gasteiger partial charge in [-0.3, -0.25) is 0 Å². The molecule has 4 heteroatoms. The summed E-state index contributed by atoms with van der Waals surface area (Å²) in [5.41, 5.74) is 1.96. The van der Waals surface area contributed by atoms with Crippen LogP contribution in [0.2, 0.25) is 0 Å². The maximum absolute atomic E-state index is 9.47. The molecule has 0 bridgehead atoms. The van der Waals surface area contributed by atoms with Crippen molar-refractivity contribution in [1.82, 2.24) is 0 Å². The predicted octanol–water partition coefficient (Wildman–Crippen LogP) is 3.99. The molecule has 1 heterocycles. The lowest BCUT2D eigenvalue weighted by Crippen LogP contribution is -1.89. The lowest BCUT2D eigenvalue weighted by Gasteiger charge is -2.06. The van der Waals surface area contributed by atoms with Gasteiger partial charge in [0.2, 0.25) is 0 Å². The first-order valence-electron chi connectivity index (χ1n) is 6.42. The molecule has 0 amide bonds. The minimum absolute atomic E-state index is 0.497. The Hall–Kier alpha value is -2.93. The van der Waals surface area contributed by atoms with E-state index in [0.717, 1.165) is 5.56 Å². The van der Waals surface area contributed by atoms with E-state index in [0.29, 0.717) is 33.8 Å². The zero-order valence-electron chi connectivity index (χ0n) is 11.7. The van der Waals surface area contributed by atoms with Gasteiger partial charge in [0.25, 0.3) is 0 Å². The summed E-state index contributed by atoms with van der Waals surface area (Å²) >= 11 is 0. The summed E-state index contributed by atoms with van der Waals surface area (Å²) in [6, 6.07) is 15.3. The molecule has 0 atom stereocenters. The zero-order chi connectivity index (χ0) is 14.8. The van der Waals surface area contributed by atoms with Crippen LogP contribution in [0.4, 0.5) is 0 Å². The number of methoxy groups -OCH3 is 2. The molecule has 1 aromatic heterocycles. The van der Waals surface area contributed by atoms with Crippen molar-refractivity contribution in [3.8, 4) is 28.9 Å². The van der Waals surface area contributed by atoms with Crippen LogP contribution in [-0.4, -0.2) is 14.2 Å². The van der Waals surface area contributed by atoms with E-state index in [-0.39, 0.29) is 0 Å². The van der Waals surface area contributed by atoms with Crippen molar-refractivity contribution < 1.29 is 13.9 Å². The van der Waals surface area contributed by atoms with Gasteiger partial charge in [-0.1, -0.05) is 30.3 Å². The molecule has 0 aliphatic carbocycles. The smallest absolute Gasteiger partial charge is 0.164 e. The van der Waals surface area contributed by atoms with Gasteiger partial charge in [-0.2, -0.15) is 5.26 Å². The number of rotatable bonds is 3. The van der Waals surface area contributed by atoms with Crippen molar-refractivity contribution >= 4 is 11.0 Å². The third-order valence-corrected chi connectivity index (χ3v) is 3.34. The summed E-state index contributed by atoms with van der Waals surface area (Å²) in [6.07, 6.45) is 0. The maximum Gasteiger partial charge on any atom is 0.164 e. The third kappa shape index (κ3) is 2.09. The molecule has 0 fully saturated rings. The van der Waals surface area contributed by atoms with Gasteiger partial charge in [-0.15, -0.1) is 0 Å².